The Morgan fingerprint density at radius 2 is 1.89 bits per heavy atom. The quantitative estimate of drug-likeness (QED) is 0.747. The molecule has 4 nitrogen and oxygen atoms in total. The zero-order chi connectivity index (χ0) is 13.7. The smallest absolute Gasteiger partial charge is 0.251 e. The second-order valence-electron chi connectivity index (χ2n) is 5.34. The summed E-state index contributed by atoms with van der Waals surface area (Å²) in [5.41, 5.74) is 6.86. The lowest BCUT2D eigenvalue weighted by Gasteiger charge is -2.28. The summed E-state index contributed by atoms with van der Waals surface area (Å²) in [7, 11) is 0. The van der Waals surface area contributed by atoms with Crippen molar-refractivity contribution in [2.45, 2.75) is 37.6 Å². The molecule has 0 radical (unpaired) electrons. The molecule has 0 heterocycles. The molecule has 1 aliphatic rings. The number of hydrogen-bond donors (Lipinski definition) is 3. The van der Waals surface area contributed by atoms with Gasteiger partial charge >= 0.3 is 0 Å². The van der Waals surface area contributed by atoms with Gasteiger partial charge in [-0.2, -0.15) is 0 Å². The van der Waals surface area contributed by atoms with Gasteiger partial charge < -0.3 is 16.2 Å². The minimum atomic E-state index is -0.410. The highest BCUT2D eigenvalue weighted by Gasteiger charge is 2.34. The lowest BCUT2D eigenvalue weighted by molar-refractivity contribution is 0.0838. The van der Waals surface area contributed by atoms with Gasteiger partial charge in [0, 0.05) is 5.56 Å². The van der Waals surface area contributed by atoms with E-state index >= 15 is 0 Å². The molecule has 0 atom stereocenters. The van der Waals surface area contributed by atoms with Crippen LogP contribution in [0.25, 0.3) is 0 Å². The topological polar surface area (TPSA) is 75.4 Å². The number of carbonyl (C=O) groups excluding carboxylic acids is 1. The van der Waals surface area contributed by atoms with Gasteiger partial charge in [-0.25, -0.2) is 0 Å². The first-order chi connectivity index (χ1) is 9.19. The first-order valence-corrected chi connectivity index (χ1v) is 6.91. The highest BCUT2D eigenvalue weighted by Crippen LogP contribution is 2.29. The molecule has 2 rings (SSSR count). The van der Waals surface area contributed by atoms with Crippen molar-refractivity contribution in [1.82, 2.24) is 5.32 Å². The lowest BCUT2D eigenvalue weighted by atomic mass is 9.98. The van der Waals surface area contributed by atoms with Crippen LogP contribution in [-0.4, -0.2) is 29.7 Å². The first kappa shape index (κ1) is 14.0. The van der Waals surface area contributed by atoms with E-state index in [0.29, 0.717) is 12.1 Å². The van der Waals surface area contributed by atoms with Gasteiger partial charge in [0.05, 0.1) is 12.1 Å². The Balaban J connectivity index is 2.03. The Hall–Kier alpha value is -1.39. The molecule has 0 aromatic heterocycles. The van der Waals surface area contributed by atoms with Crippen LogP contribution in [0.1, 0.15) is 41.6 Å². The van der Waals surface area contributed by atoms with Crippen molar-refractivity contribution in [3.05, 3.63) is 35.4 Å². The molecule has 0 aliphatic heterocycles. The summed E-state index contributed by atoms with van der Waals surface area (Å²) in [6.45, 7) is 0.628. The maximum atomic E-state index is 12.2. The monoisotopic (exact) mass is 262 g/mol. The van der Waals surface area contributed by atoms with Crippen LogP contribution in [0, 0.1) is 0 Å². The van der Waals surface area contributed by atoms with E-state index in [2.05, 4.69) is 5.32 Å². The predicted octanol–water partition coefficient (Wildman–Crippen LogP) is 1.22. The van der Waals surface area contributed by atoms with Crippen LogP contribution in [0.3, 0.4) is 0 Å². The molecule has 1 aliphatic carbocycles. The molecule has 0 unspecified atom stereocenters. The molecule has 1 saturated carbocycles. The van der Waals surface area contributed by atoms with E-state index in [9.17, 15) is 9.90 Å². The molecular weight excluding hydrogens is 240 g/mol. The summed E-state index contributed by atoms with van der Waals surface area (Å²) in [5, 5.41) is 12.5. The summed E-state index contributed by atoms with van der Waals surface area (Å²) in [6.07, 6.45) is 4.68. The fourth-order valence-corrected chi connectivity index (χ4v) is 2.68. The summed E-state index contributed by atoms with van der Waals surface area (Å²) in [6, 6.07) is 7.50. The van der Waals surface area contributed by atoms with Gasteiger partial charge in [-0.3, -0.25) is 4.79 Å². The average Bonchev–Trinajstić information content (AvgIpc) is 2.89. The molecule has 104 valence electrons. The lowest BCUT2D eigenvalue weighted by Crippen LogP contribution is -2.49. The maximum Gasteiger partial charge on any atom is 0.251 e. The van der Waals surface area contributed by atoms with Crippen molar-refractivity contribution >= 4 is 5.91 Å². The van der Waals surface area contributed by atoms with Crippen molar-refractivity contribution in [2.75, 3.05) is 13.2 Å². The number of rotatable bonds is 5. The van der Waals surface area contributed by atoms with E-state index < -0.39 is 5.54 Å². The number of aliphatic hydroxyl groups is 1. The van der Waals surface area contributed by atoms with E-state index in [1.165, 1.54) is 0 Å². The molecule has 4 heteroatoms. The van der Waals surface area contributed by atoms with E-state index in [4.69, 9.17) is 5.73 Å². The summed E-state index contributed by atoms with van der Waals surface area (Å²) in [4.78, 5) is 12.2. The Bertz CT molecular complexity index is 422. The van der Waals surface area contributed by atoms with Gasteiger partial charge in [0.15, 0.2) is 0 Å². The molecule has 0 saturated heterocycles. The zero-order valence-corrected chi connectivity index (χ0v) is 11.2. The van der Waals surface area contributed by atoms with Gasteiger partial charge in [-0.1, -0.05) is 25.0 Å². The van der Waals surface area contributed by atoms with Gasteiger partial charge in [0.25, 0.3) is 5.91 Å². The molecule has 1 aromatic rings. The fourth-order valence-electron chi connectivity index (χ4n) is 2.68. The standard InChI is InChI=1S/C15H22N2O2/c16-10-7-12-3-5-13(6-4-12)14(19)17-15(11-18)8-1-2-9-15/h3-6,18H,1-2,7-11,16H2,(H,17,19). The molecule has 1 amide bonds. The molecule has 19 heavy (non-hydrogen) atoms. The fraction of sp³-hybridized carbons (Fsp3) is 0.533. The van der Waals surface area contributed by atoms with Crippen LogP contribution < -0.4 is 11.1 Å². The molecule has 1 fully saturated rings. The van der Waals surface area contributed by atoms with E-state index in [1.807, 2.05) is 24.3 Å². The number of nitrogens with one attached hydrogen (secondary N) is 1. The Labute approximate surface area is 114 Å². The number of carbonyl (C=O) groups is 1. The van der Waals surface area contributed by atoms with E-state index in [0.717, 1.165) is 37.7 Å². The highest BCUT2D eigenvalue weighted by molar-refractivity contribution is 5.94. The van der Waals surface area contributed by atoms with Gasteiger partial charge in [0.2, 0.25) is 0 Å². The second kappa shape index (κ2) is 6.17. The Morgan fingerprint density at radius 1 is 1.26 bits per heavy atom. The molecule has 0 bridgehead atoms. The van der Waals surface area contributed by atoms with Gasteiger partial charge in [-0.15, -0.1) is 0 Å². The van der Waals surface area contributed by atoms with Crippen LogP contribution in [0.2, 0.25) is 0 Å². The summed E-state index contributed by atoms with van der Waals surface area (Å²) < 4.78 is 0. The third kappa shape index (κ3) is 3.33. The van der Waals surface area contributed by atoms with Crippen LogP contribution in [0.15, 0.2) is 24.3 Å². The molecule has 4 N–H and O–H groups in total. The predicted molar refractivity (Wildman–Crippen MR) is 75.0 cm³/mol. The number of aliphatic hydroxyl groups excluding tert-OH is 1. The van der Waals surface area contributed by atoms with E-state index in [-0.39, 0.29) is 12.5 Å². The van der Waals surface area contributed by atoms with Crippen LogP contribution in [0.4, 0.5) is 0 Å². The number of amides is 1. The third-order valence-corrected chi connectivity index (χ3v) is 3.89. The van der Waals surface area contributed by atoms with Crippen LogP contribution >= 0.6 is 0 Å². The van der Waals surface area contributed by atoms with Crippen LogP contribution in [0.5, 0.6) is 0 Å². The van der Waals surface area contributed by atoms with Crippen molar-refractivity contribution in [1.29, 1.82) is 0 Å². The van der Waals surface area contributed by atoms with Crippen molar-refractivity contribution < 1.29 is 9.90 Å². The highest BCUT2D eigenvalue weighted by atomic mass is 16.3. The first-order valence-electron chi connectivity index (χ1n) is 6.91. The Kier molecular flexibility index (Phi) is 4.56. The van der Waals surface area contributed by atoms with Crippen LogP contribution in [-0.2, 0) is 6.42 Å². The number of hydrogen-bond acceptors (Lipinski definition) is 3. The minimum Gasteiger partial charge on any atom is -0.394 e. The molecular formula is C15H22N2O2. The Morgan fingerprint density at radius 3 is 2.42 bits per heavy atom. The number of nitrogens with two attached hydrogens (primary N) is 1. The van der Waals surface area contributed by atoms with E-state index in [1.54, 1.807) is 0 Å². The average molecular weight is 262 g/mol. The normalized spacial score (nSPS) is 17.4. The maximum absolute atomic E-state index is 12.2. The van der Waals surface area contributed by atoms with Crippen molar-refractivity contribution in [3.8, 4) is 0 Å². The minimum absolute atomic E-state index is 0.0179. The second-order valence-corrected chi connectivity index (χ2v) is 5.34. The summed E-state index contributed by atoms with van der Waals surface area (Å²) in [5.74, 6) is -0.102. The van der Waals surface area contributed by atoms with Crippen molar-refractivity contribution in [2.24, 2.45) is 5.73 Å². The van der Waals surface area contributed by atoms with Crippen molar-refractivity contribution in [3.63, 3.8) is 0 Å². The molecule has 0 spiro atoms. The summed E-state index contributed by atoms with van der Waals surface area (Å²) >= 11 is 0. The number of benzene rings is 1. The zero-order valence-electron chi connectivity index (χ0n) is 11.2. The third-order valence-electron chi connectivity index (χ3n) is 3.89. The largest absolute Gasteiger partial charge is 0.394 e. The van der Waals surface area contributed by atoms with Gasteiger partial charge in [-0.05, 0) is 43.5 Å². The molecule has 1 aromatic carbocycles. The SMILES string of the molecule is NCCc1ccc(C(=O)NC2(CO)CCCC2)cc1. The van der Waals surface area contributed by atoms with Gasteiger partial charge in [0.1, 0.15) is 0 Å².